The molecule has 2 aromatic rings. The number of hydrogen-bond donors (Lipinski definition) is 1. The Bertz CT molecular complexity index is 1020. The van der Waals surface area contributed by atoms with Crippen LogP contribution in [0.1, 0.15) is 36.0 Å². The van der Waals surface area contributed by atoms with Crippen molar-refractivity contribution < 1.29 is 19.1 Å². The zero-order valence-corrected chi connectivity index (χ0v) is 16.7. The summed E-state index contributed by atoms with van der Waals surface area (Å²) in [6.07, 6.45) is 0.368. The molecule has 2 aliphatic rings. The molecule has 2 amide bonds. The van der Waals surface area contributed by atoms with E-state index in [4.69, 9.17) is 0 Å². The quantitative estimate of drug-likeness (QED) is 0.795. The highest BCUT2D eigenvalue weighted by Crippen LogP contribution is 2.42. The van der Waals surface area contributed by atoms with Crippen molar-refractivity contribution in [1.82, 2.24) is 9.80 Å². The van der Waals surface area contributed by atoms with Gasteiger partial charge in [0.25, 0.3) is 0 Å². The molecule has 0 saturated carbocycles. The highest BCUT2D eigenvalue weighted by Gasteiger charge is 2.54. The average Bonchev–Trinajstić information content (AvgIpc) is 2.74. The molecule has 2 aromatic carbocycles. The van der Waals surface area contributed by atoms with Gasteiger partial charge in [0.1, 0.15) is 5.82 Å². The first-order valence-corrected chi connectivity index (χ1v) is 10.1. The Morgan fingerprint density at radius 1 is 1.17 bits per heavy atom. The molecule has 30 heavy (non-hydrogen) atoms. The highest BCUT2D eigenvalue weighted by molar-refractivity contribution is 5.87. The largest absolute Gasteiger partial charge is 0.394 e. The number of carbonyl (C=O) groups excluding carboxylic acids is 2. The fourth-order valence-electron chi connectivity index (χ4n) is 4.41. The monoisotopic (exact) mass is 406 g/mol. The van der Waals surface area contributed by atoms with Gasteiger partial charge in [-0.1, -0.05) is 37.0 Å². The van der Waals surface area contributed by atoms with Crippen molar-refractivity contribution >= 4 is 11.8 Å². The minimum atomic E-state index is -0.320. The van der Waals surface area contributed by atoms with Gasteiger partial charge in [-0.05, 0) is 35.9 Å². The minimum Gasteiger partial charge on any atom is -0.394 e. The first-order valence-electron chi connectivity index (χ1n) is 10.1. The molecule has 0 unspecified atom stereocenters. The smallest absolute Gasteiger partial charge is 0.242 e. The summed E-state index contributed by atoms with van der Waals surface area (Å²) in [5.41, 5.74) is 2.41. The fraction of sp³-hybridized carbons (Fsp3) is 0.333. The molecular formula is C24H23FN2O3. The first kappa shape index (κ1) is 20.1. The number of rotatable bonds is 3. The van der Waals surface area contributed by atoms with Crippen LogP contribution in [0.25, 0.3) is 0 Å². The molecule has 5 nitrogen and oxygen atoms in total. The van der Waals surface area contributed by atoms with Crippen LogP contribution in [-0.2, 0) is 9.59 Å². The maximum absolute atomic E-state index is 13.3. The van der Waals surface area contributed by atoms with Crippen molar-refractivity contribution in [3.63, 3.8) is 0 Å². The molecule has 0 radical (unpaired) electrons. The van der Waals surface area contributed by atoms with Gasteiger partial charge in [0.15, 0.2) is 0 Å². The predicted octanol–water partition coefficient (Wildman–Crippen LogP) is 2.13. The molecular weight excluding hydrogens is 383 g/mol. The van der Waals surface area contributed by atoms with Crippen molar-refractivity contribution in [2.75, 3.05) is 19.7 Å². The number of piperazine rings is 1. The molecule has 6 heteroatoms. The summed E-state index contributed by atoms with van der Waals surface area (Å²) in [5, 5.41) is 9.86. The van der Waals surface area contributed by atoms with Crippen molar-refractivity contribution in [1.29, 1.82) is 0 Å². The summed E-state index contributed by atoms with van der Waals surface area (Å²) in [5.74, 6) is 5.48. The second kappa shape index (κ2) is 8.29. The molecule has 0 aromatic heterocycles. The van der Waals surface area contributed by atoms with Gasteiger partial charge in [-0.25, -0.2) is 4.39 Å². The molecule has 0 spiro atoms. The van der Waals surface area contributed by atoms with Gasteiger partial charge >= 0.3 is 0 Å². The SMILES string of the molecule is CCC(=O)N1CC(=O)N2[C@H](CO)[C@H](c3ccc(C#Cc4cccc(F)c4)cc3)[C@H]2C1. The van der Waals surface area contributed by atoms with E-state index in [1.807, 2.05) is 24.3 Å². The van der Waals surface area contributed by atoms with Gasteiger partial charge in [0, 0.05) is 30.0 Å². The average molecular weight is 406 g/mol. The van der Waals surface area contributed by atoms with Gasteiger partial charge in [-0.3, -0.25) is 9.59 Å². The van der Waals surface area contributed by atoms with E-state index in [2.05, 4.69) is 11.8 Å². The van der Waals surface area contributed by atoms with Crippen LogP contribution in [0, 0.1) is 17.7 Å². The van der Waals surface area contributed by atoms with Gasteiger partial charge in [-0.2, -0.15) is 0 Å². The third kappa shape index (κ3) is 3.69. The van der Waals surface area contributed by atoms with Crippen molar-refractivity contribution in [2.45, 2.75) is 31.3 Å². The third-order valence-electron chi connectivity index (χ3n) is 5.88. The lowest BCUT2D eigenvalue weighted by atomic mass is 9.73. The number of halogens is 1. The Labute approximate surface area is 175 Å². The van der Waals surface area contributed by atoms with Crippen LogP contribution in [0.4, 0.5) is 4.39 Å². The second-order valence-electron chi connectivity index (χ2n) is 7.65. The molecule has 4 rings (SSSR count). The van der Waals surface area contributed by atoms with Gasteiger partial charge in [0.2, 0.25) is 11.8 Å². The summed E-state index contributed by atoms with van der Waals surface area (Å²) >= 11 is 0. The normalized spacial score (nSPS) is 22.6. The van der Waals surface area contributed by atoms with Crippen LogP contribution in [0.3, 0.4) is 0 Å². The topological polar surface area (TPSA) is 60.9 Å². The zero-order chi connectivity index (χ0) is 21.3. The minimum absolute atomic E-state index is 0.0304. The van der Waals surface area contributed by atoms with Crippen LogP contribution in [-0.4, -0.2) is 58.5 Å². The lowest BCUT2D eigenvalue weighted by Crippen LogP contribution is -2.73. The Hall–Kier alpha value is -3.17. The number of nitrogens with zero attached hydrogens (tertiary/aromatic N) is 2. The van der Waals surface area contributed by atoms with Gasteiger partial charge in [0.05, 0.1) is 25.2 Å². The van der Waals surface area contributed by atoms with E-state index in [1.54, 1.807) is 28.9 Å². The predicted molar refractivity (Wildman–Crippen MR) is 110 cm³/mol. The number of fused-ring (bicyclic) bond motifs is 1. The Kier molecular flexibility index (Phi) is 5.56. The fourth-order valence-corrected chi connectivity index (χ4v) is 4.41. The summed E-state index contributed by atoms with van der Waals surface area (Å²) in [6, 6.07) is 13.4. The molecule has 2 saturated heterocycles. The molecule has 0 aliphatic carbocycles. The Morgan fingerprint density at radius 2 is 1.90 bits per heavy atom. The molecule has 2 aliphatic heterocycles. The summed E-state index contributed by atoms with van der Waals surface area (Å²) in [6.45, 7) is 2.25. The Morgan fingerprint density at radius 3 is 2.57 bits per heavy atom. The summed E-state index contributed by atoms with van der Waals surface area (Å²) in [7, 11) is 0. The number of aliphatic hydroxyl groups is 1. The van der Waals surface area contributed by atoms with Crippen molar-refractivity contribution in [3.8, 4) is 11.8 Å². The van der Waals surface area contributed by atoms with Crippen LogP contribution in [0.2, 0.25) is 0 Å². The standard InChI is InChI=1S/C24H23FN2O3/c1-2-22(29)26-13-20-24(21(15-28)27(20)23(30)14-26)18-10-8-16(9-11-18)6-7-17-4-3-5-19(25)12-17/h3-5,8-12,20-21,24,28H,2,13-15H2,1H3/t20-,21-,24-/m1/s1. The lowest BCUT2D eigenvalue weighted by molar-refractivity contribution is -0.166. The third-order valence-corrected chi connectivity index (χ3v) is 5.88. The molecule has 3 atom stereocenters. The maximum Gasteiger partial charge on any atom is 0.242 e. The van der Waals surface area contributed by atoms with E-state index in [0.717, 1.165) is 11.1 Å². The summed E-state index contributed by atoms with van der Waals surface area (Å²) in [4.78, 5) is 27.9. The number of benzene rings is 2. The van der Waals surface area contributed by atoms with Crippen LogP contribution >= 0.6 is 0 Å². The van der Waals surface area contributed by atoms with Gasteiger partial charge < -0.3 is 14.9 Å². The van der Waals surface area contributed by atoms with Crippen LogP contribution in [0.15, 0.2) is 48.5 Å². The van der Waals surface area contributed by atoms with E-state index in [1.165, 1.54) is 12.1 Å². The number of amides is 2. The molecule has 0 bridgehead atoms. The molecule has 154 valence electrons. The number of carbonyl (C=O) groups is 2. The zero-order valence-electron chi connectivity index (χ0n) is 16.7. The van der Waals surface area contributed by atoms with Crippen molar-refractivity contribution in [2.24, 2.45) is 0 Å². The van der Waals surface area contributed by atoms with E-state index in [-0.39, 0.29) is 48.8 Å². The number of aliphatic hydroxyl groups excluding tert-OH is 1. The van der Waals surface area contributed by atoms with Crippen molar-refractivity contribution in [3.05, 3.63) is 71.0 Å². The van der Waals surface area contributed by atoms with E-state index in [9.17, 15) is 19.1 Å². The Balaban J connectivity index is 1.53. The van der Waals surface area contributed by atoms with E-state index >= 15 is 0 Å². The van der Waals surface area contributed by atoms with E-state index < -0.39 is 0 Å². The molecule has 1 N–H and O–H groups in total. The number of hydrogen-bond acceptors (Lipinski definition) is 3. The molecule has 2 heterocycles. The van der Waals surface area contributed by atoms with E-state index in [0.29, 0.717) is 18.5 Å². The summed E-state index contributed by atoms with van der Waals surface area (Å²) < 4.78 is 13.3. The lowest BCUT2D eigenvalue weighted by Gasteiger charge is -2.58. The van der Waals surface area contributed by atoms with Gasteiger partial charge in [-0.15, -0.1) is 0 Å². The van der Waals surface area contributed by atoms with Crippen LogP contribution < -0.4 is 0 Å². The molecule has 2 fully saturated rings. The van der Waals surface area contributed by atoms with Crippen LogP contribution in [0.5, 0.6) is 0 Å². The maximum atomic E-state index is 13.3. The first-order chi connectivity index (χ1) is 14.5. The highest BCUT2D eigenvalue weighted by atomic mass is 19.1. The second-order valence-corrected chi connectivity index (χ2v) is 7.65.